The fourth-order valence-corrected chi connectivity index (χ4v) is 3.80. The molecule has 0 spiro atoms. The van der Waals surface area contributed by atoms with E-state index in [0.717, 1.165) is 35.1 Å². The van der Waals surface area contributed by atoms with Gasteiger partial charge in [-0.2, -0.15) is 18.4 Å². The van der Waals surface area contributed by atoms with Crippen molar-refractivity contribution in [2.75, 3.05) is 16.8 Å². The molecule has 1 atom stereocenters. The number of nitrogens with zero attached hydrogens (tertiary/aromatic N) is 5. The molecule has 3 heterocycles. The van der Waals surface area contributed by atoms with Crippen molar-refractivity contribution in [3.63, 3.8) is 0 Å². The van der Waals surface area contributed by atoms with Gasteiger partial charge in [0, 0.05) is 31.3 Å². The second-order valence-corrected chi connectivity index (χ2v) is 7.79. The molecule has 164 valence electrons. The van der Waals surface area contributed by atoms with Gasteiger partial charge < -0.3 is 10.2 Å². The second-order valence-electron chi connectivity index (χ2n) is 7.79. The molecular weight excluding hydrogens is 417 g/mol. The van der Waals surface area contributed by atoms with Crippen LogP contribution in [0.15, 0.2) is 42.9 Å². The smallest absolute Gasteiger partial charge is 0.366 e. The minimum Gasteiger partial charge on any atom is -0.366 e. The number of anilines is 2. The first-order valence-electron chi connectivity index (χ1n) is 10.1. The maximum Gasteiger partial charge on any atom is 0.433 e. The Morgan fingerprint density at radius 1 is 1.16 bits per heavy atom. The number of aromatic nitrogens is 3. The van der Waals surface area contributed by atoms with E-state index in [9.17, 15) is 18.4 Å². The second kappa shape index (κ2) is 8.46. The minimum absolute atomic E-state index is 0.312. The summed E-state index contributed by atoms with van der Waals surface area (Å²) in [4.78, 5) is 14.5. The van der Waals surface area contributed by atoms with Gasteiger partial charge in [-0.25, -0.2) is 9.97 Å². The monoisotopic (exact) mass is 438 g/mol. The molecule has 6 nitrogen and oxygen atoms in total. The van der Waals surface area contributed by atoms with Crippen molar-refractivity contribution in [2.45, 2.75) is 39.0 Å². The van der Waals surface area contributed by atoms with Crippen molar-refractivity contribution in [1.82, 2.24) is 15.0 Å². The fraction of sp³-hybridized carbons (Fsp3) is 0.304. The summed E-state index contributed by atoms with van der Waals surface area (Å²) >= 11 is 0. The normalized spacial score (nSPS) is 14.4. The number of rotatable bonds is 4. The number of pyridine rings is 1. The number of benzene rings is 1. The van der Waals surface area contributed by atoms with Crippen molar-refractivity contribution in [3.8, 4) is 6.07 Å². The van der Waals surface area contributed by atoms with Crippen molar-refractivity contribution < 1.29 is 13.2 Å². The predicted molar refractivity (Wildman–Crippen MR) is 114 cm³/mol. The zero-order chi connectivity index (χ0) is 22.9. The standard InChI is InChI=1S/C23H21F3N6/c1-14-3-5-20(17(9-14)10-27)32-8-7-19-18(12-32)22(30-13-29-19)31-15(2)16-4-6-21(28-11-16)23(24,25)26/h3-6,9,11,13,15H,7-8,12H2,1-2H3,(H,29,30,31)/t15-/m1/s1. The van der Waals surface area contributed by atoms with Gasteiger partial charge in [0.2, 0.25) is 0 Å². The summed E-state index contributed by atoms with van der Waals surface area (Å²) in [5, 5.41) is 12.8. The maximum absolute atomic E-state index is 12.8. The number of nitriles is 1. The Bertz CT molecular complexity index is 1170. The Morgan fingerprint density at radius 3 is 2.66 bits per heavy atom. The minimum atomic E-state index is -4.47. The topological polar surface area (TPSA) is 77.7 Å². The Balaban J connectivity index is 1.58. The lowest BCUT2D eigenvalue weighted by Crippen LogP contribution is -2.32. The van der Waals surface area contributed by atoms with E-state index < -0.39 is 11.9 Å². The van der Waals surface area contributed by atoms with Gasteiger partial charge in [-0.1, -0.05) is 12.1 Å². The molecule has 3 aromatic rings. The van der Waals surface area contributed by atoms with Gasteiger partial charge in [-0.05, 0) is 43.2 Å². The number of hydrogen-bond donors (Lipinski definition) is 1. The van der Waals surface area contributed by atoms with Gasteiger partial charge in [0.25, 0.3) is 0 Å². The molecule has 1 aliphatic rings. The number of alkyl halides is 3. The highest BCUT2D eigenvalue weighted by Gasteiger charge is 2.32. The maximum atomic E-state index is 12.8. The van der Waals surface area contributed by atoms with E-state index in [4.69, 9.17) is 0 Å². The van der Waals surface area contributed by atoms with Crippen LogP contribution in [0.3, 0.4) is 0 Å². The number of fused-ring (bicyclic) bond motifs is 1. The average Bonchev–Trinajstić information content (AvgIpc) is 2.78. The first-order chi connectivity index (χ1) is 15.3. The number of aryl methyl sites for hydroxylation is 1. The largest absolute Gasteiger partial charge is 0.433 e. The molecule has 0 bridgehead atoms. The van der Waals surface area contributed by atoms with E-state index >= 15 is 0 Å². The molecule has 0 aliphatic carbocycles. The lowest BCUT2D eigenvalue weighted by molar-refractivity contribution is -0.141. The third kappa shape index (κ3) is 4.35. The fourth-order valence-electron chi connectivity index (χ4n) is 3.80. The molecule has 0 saturated carbocycles. The van der Waals surface area contributed by atoms with Crippen LogP contribution < -0.4 is 10.2 Å². The average molecular weight is 438 g/mol. The predicted octanol–water partition coefficient (Wildman–Crippen LogP) is 4.81. The number of nitrogens with one attached hydrogen (secondary N) is 1. The highest BCUT2D eigenvalue weighted by molar-refractivity contribution is 5.63. The molecule has 32 heavy (non-hydrogen) atoms. The SMILES string of the molecule is Cc1ccc(N2CCc3ncnc(N[C@H](C)c4ccc(C(F)(F)F)nc4)c3C2)c(C#N)c1. The first-order valence-corrected chi connectivity index (χ1v) is 10.1. The Hall–Kier alpha value is -3.67. The molecule has 0 saturated heterocycles. The van der Waals surface area contributed by atoms with Crippen molar-refractivity contribution in [1.29, 1.82) is 5.26 Å². The Morgan fingerprint density at radius 2 is 1.97 bits per heavy atom. The van der Waals surface area contributed by atoms with Crippen LogP contribution in [0.2, 0.25) is 0 Å². The van der Waals surface area contributed by atoms with Crippen molar-refractivity contribution in [2.24, 2.45) is 0 Å². The van der Waals surface area contributed by atoms with E-state index in [1.807, 2.05) is 32.0 Å². The van der Waals surface area contributed by atoms with Gasteiger partial charge in [0.05, 0.1) is 23.0 Å². The van der Waals surface area contributed by atoms with Crippen LogP contribution in [0.25, 0.3) is 0 Å². The lowest BCUT2D eigenvalue weighted by Gasteiger charge is -2.32. The van der Waals surface area contributed by atoms with Crippen LogP contribution in [-0.4, -0.2) is 21.5 Å². The van der Waals surface area contributed by atoms with E-state index in [1.165, 1.54) is 18.6 Å². The molecular formula is C23H21F3N6. The summed E-state index contributed by atoms with van der Waals surface area (Å²) in [6.07, 6.45) is -1.06. The van der Waals surface area contributed by atoms with Crippen LogP contribution >= 0.6 is 0 Å². The summed E-state index contributed by atoms with van der Waals surface area (Å²) in [6.45, 7) is 5.03. The zero-order valence-electron chi connectivity index (χ0n) is 17.6. The summed E-state index contributed by atoms with van der Waals surface area (Å²) in [5.41, 5.74) is 4.02. The van der Waals surface area contributed by atoms with E-state index in [-0.39, 0.29) is 6.04 Å². The number of halogens is 3. The van der Waals surface area contributed by atoms with Gasteiger partial charge in [-0.15, -0.1) is 0 Å². The molecule has 0 radical (unpaired) electrons. The molecule has 2 aromatic heterocycles. The molecule has 9 heteroatoms. The summed E-state index contributed by atoms with van der Waals surface area (Å²) in [6, 6.07) is 10.1. The third-order valence-corrected chi connectivity index (χ3v) is 5.55. The summed E-state index contributed by atoms with van der Waals surface area (Å²) in [7, 11) is 0. The van der Waals surface area contributed by atoms with Crippen molar-refractivity contribution >= 4 is 11.5 Å². The van der Waals surface area contributed by atoms with E-state index in [0.29, 0.717) is 29.9 Å². The van der Waals surface area contributed by atoms with Crippen LogP contribution in [-0.2, 0) is 19.1 Å². The summed E-state index contributed by atoms with van der Waals surface area (Å²) < 4.78 is 38.4. The van der Waals surface area contributed by atoms with E-state index in [1.54, 1.807) is 0 Å². The van der Waals surface area contributed by atoms with Crippen LogP contribution in [0.1, 0.15) is 46.6 Å². The highest BCUT2D eigenvalue weighted by atomic mass is 19.4. The van der Waals surface area contributed by atoms with Crippen molar-refractivity contribution in [3.05, 3.63) is 76.5 Å². The Labute approximate surface area is 183 Å². The van der Waals surface area contributed by atoms with Crippen LogP contribution in [0.5, 0.6) is 0 Å². The van der Waals surface area contributed by atoms with E-state index in [2.05, 4.69) is 31.2 Å². The molecule has 1 aliphatic heterocycles. The lowest BCUT2D eigenvalue weighted by atomic mass is 10.0. The highest BCUT2D eigenvalue weighted by Crippen LogP contribution is 2.32. The quantitative estimate of drug-likeness (QED) is 0.630. The summed E-state index contributed by atoms with van der Waals surface area (Å²) in [5.74, 6) is 0.623. The zero-order valence-corrected chi connectivity index (χ0v) is 17.6. The van der Waals surface area contributed by atoms with Gasteiger partial charge in [-0.3, -0.25) is 4.98 Å². The van der Waals surface area contributed by atoms with Crippen LogP contribution in [0.4, 0.5) is 24.7 Å². The van der Waals surface area contributed by atoms with Gasteiger partial charge >= 0.3 is 6.18 Å². The van der Waals surface area contributed by atoms with Crippen LogP contribution in [0, 0.1) is 18.3 Å². The third-order valence-electron chi connectivity index (χ3n) is 5.55. The molecule has 1 N–H and O–H groups in total. The molecule has 1 aromatic carbocycles. The molecule has 0 fully saturated rings. The van der Waals surface area contributed by atoms with Gasteiger partial charge in [0.15, 0.2) is 0 Å². The molecule has 4 rings (SSSR count). The first kappa shape index (κ1) is 21.6. The molecule has 0 amide bonds. The molecule has 0 unspecified atom stereocenters. The number of hydrogen-bond acceptors (Lipinski definition) is 6. The van der Waals surface area contributed by atoms with Gasteiger partial charge in [0.1, 0.15) is 23.9 Å². The Kier molecular flexibility index (Phi) is 5.70.